The van der Waals surface area contributed by atoms with Gasteiger partial charge in [0.15, 0.2) is 5.69 Å². The Kier molecular flexibility index (Phi) is 6.03. The Morgan fingerprint density at radius 3 is 2.48 bits per heavy atom. The van der Waals surface area contributed by atoms with Gasteiger partial charge in [0, 0.05) is 18.3 Å². The third kappa shape index (κ3) is 4.67. The Bertz CT molecular complexity index is 1320. The first-order valence-electron chi connectivity index (χ1n) is 10.3. The molecule has 0 aliphatic rings. The van der Waals surface area contributed by atoms with Gasteiger partial charge in [-0.1, -0.05) is 12.1 Å². The van der Waals surface area contributed by atoms with E-state index in [0.29, 0.717) is 28.3 Å². The Hall–Kier alpha value is -4.27. The average molecular weight is 447 g/mol. The number of amides is 1. The Balaban J connectivity index is 1.72. The molecule has 0 radical (unpaired) electrons. The second-order valence-corrected chi connectivity index (χ2v) is 7.35. The van der Waals surface area contributed by atoms with Crippen molar-refractivity contribution < 1.29 is 18.7 Å². The molecule has 0 bridgehead atoms. The first-order chi connectivity index (χ1) is 15.9. The van der Waals surface area contributed by atoms with E-state index in [9.17, 15) is 14.0 Å². The van der Waals surface area contributed by atoms with E-state index in [4.69, 9.17) is 4.74 Å². The van der Waals surface area contributed by atoms with E-state index < -0.39 is 5.97 Å². The molecule has 2 heterocycles. The molecular formula is C24H22FN5O3. The van der Waals surface area contributed by atoms with Gasteiger partial charge in [0.05, 0.1) is 23.7 Å². The first kappa shape index (κ1) is 21.9. The van der Waals surface area contributed by atoms with Gasteiger partial charge in [0.2, 0.25) is 0 Å². The van der Waals surface area contributed by atoms with Gasteiger partial charge >= 0.3 is 5.97 Å². The lowest BCUT2D eigenvalue weighted by atomic mass is 10.1. The lowest BCUT2D eigenvalue weighted by Crippen LogP contribution is -2.16. The van der Waals surface area contributed by atoms with E-state index in [1.165, 1.54) is 21.5 Å². The minimum absolute atomic E-state index is 0.121. The largest absolute Gasteiger partial charge is 0.461 e. The number of hydrogen-bond acceptors (Lipinski definition) is 5. The molecule has 4 rings (SSSR count). The number of esters is 1. The highest BCUT2D eigenvalue weighted by atomic mass is 19.1. The van der Waals surface area contributed by atoms with Crippen molar-refractivity contribution in [2.45, 2.75) is 13.8 Å². The summed E-state index contributed by atoms with van der Waals surface area (Å²) in [6.07, 6.45) is 0. The summed E-state index contributed by atoms with van der Waals surface area (Å²) in [5.74, 6) is -1.24. The summed E-state index contributed by atoms with van der Waals surface area (Å²) >= 11 is 0. The van der Waals surface area contributed by atoms with Crippen LogP contribution in [0.5, 0.6) is 0 Å². The maximum atomic E-state index is 13.5. The molecule has 1 N–H and O–H groups in total. The molecule has 2 aromatic heterocycles. The van der Waals surface area contributed by atoms with Gasteiger partial charge < -0.3 is 10.1 Å². The first-order valence-corrected chi connectivity index (χ1v) is 10.3. The Morgan fingerprint density at radius 2 is 1.82 bits per heavy atom. The summed E-state index contributed by atoms with van der Waals surface area (Å²) in [5, 5.41) is 11.4. The SMILES string of the molecule is CCOC(=O)c1cc(-c2cccc(NC(=O)c3cc(C)nn3C)c2)n(-c2ccc(F)cc2)n1. The second-order valence-electron chi connectivity index (χ2n) is 7.35. The van der Waals surface area contributed by atoms with E-state index >= 15 is 0 Å². The molecule has 0 spiro atoms. The fraction of sp³-hybridized carbons (Fsp3) is 0.167. The van der Waals surface area contributed by atoms with Crippen molar-refractivity contribution in [2.75, 3.05) is 11.9 Å². The van der Waals surface area contributed by atoms with Crippen molar-refractivity contribution in [1.29, 1.82) is 0 Å². The number of rotatable bonds is 6. The molecule has 0 unspecified atom stereocenters. The quantitative estimate of drug-likeness (QED) is 0.449. The van der Waals surface area contributed by atoms with Gasteiger partial charge in [-0.05, 0) is 62.4 Å². The van der Waals surface area contributed by atoms with Gasteiger partial charge in [-0.2, -0.15) is 10.2 Å². The molecule has 0 aliphatic heterocycles. The molecule has 0 aliphatic carbocycles. The number of carbonyl (C=O) groups excluding carboxylic acids is 2. The van der Waals surface area contributed by atoms with Gasteiger partial charge in [0.25, 0.3) is 5.91 Å². The highest BCUT2D eigenvalue weighted by Crippen LogP contribution is 2.27. The van der Waals surface area contributed by atoms with Crippen molar-refractivity contribution in [2.24, 2.45) is 7.05 Å². The third-order valence-corrected chi connectivity index (χ3v) is 4.92. The van der Waals surface area contributed by atoms with Crippen molar-refractivity contribution in [1.82, 2.24) is 19.6 Å². The summed E-state index contributed by atoms with van der Waals surface area (Å²) in [5.41, 5.74) is 3.70. The molecule has 8 nitrogen and oxygen atoms in total. The van der Waals surface area contributed by atoms with Crippen molar-refractivity contribution in [3.63, 3.8) is 0 Å². The number of aryl methyl sites for hydroxylation is 2. The standard InChI is InChI=1S/C24H22FN5O3/c1-4-33-24(32)20-14-21(30(28-20)19-10-8-17(25)9-11-19)16-6-5-7-18(13-16)26-23(31)22-12-15(2)27-29(22)3/h5-14H,4H2,1-3H3,(H,26,31). The number of hydrogen-bond donors (Lipinski definition) is 1. The lowest BCUT2D eigenvalue weighted by Gasteiger charge is -2.10. The van der Waals surface area contributed by atoms with Crippen LogP contribution in [0.15, 0.2) is 60.7 Å². The number of nitrogens with zero attached hydrogens (tertiary/aromatic N) is 4. The molecule has 0 atom stereocenters. The number of benzene rings is 2. The van der Waals surface area contributed by atoms with Crippen LogP contribution in [0, 0.1) is 12.7 Å². The van der Waals surface area contributed by atoms with Crippen LogP contribution < -0.4 is 5.32 Å². The lowest BCUT2D eigenvalue weighted by molar-refractivity contribution is 0.0519. The summed E-state index contributed by atoms with van der Waals surface area (Å²) in [4.78, 5) is 25.0. The van der Waals surface area contributed by atoms with E-state index in [2.05, 4.69) is 15.5 Å². The predicted octanol–water partition coefficient (Wildman–Crippen LogP) is 4.15. The zero-order chi connectivity index (χ0) is 23.5. The van der Waals surface area contributed by atoms with Crippen molar-refractivity contribution in [3.8, 4) is 16.9 Å². The van der Waals surface area contributed by atoms with Crippen LogP contribution in [-0.2, 0) is 11.8 Å². The van der Waals surface area contributed by atoms with E-state index in [1.807, 2.05) is 13.0 Å². The maximum Gasteiger partial charge on any atom is 0.358 e. The molecule has 168 valence electrons. The fourth-order valence-corrected chi connectivity index (χ4v) is 3.45. The van der Waals surface area contributed by atoms with Crippen LogP contribution in [0.1, 0.15) is 33.6 Å². The van der Waals surface area contributed by atoms with Gasteiger partial charge in [-0.25, -0.2) is 13.9 Å². The monoisotopic (exact) mass is 447 g/mol. The molecule has 1 amide bonds. The Morgan fingerprint density at radius 1 is 1.06 bits per heavy atom. The van der Waals surface area contributed by atoms with Crippen LogP contribution in [0.3, 0.4) is 0 Å². The molecule has 9 heteroatoms. The van der Waals surface area contributed by atoms with Gasteiger partial charge in [-0.15, -0.1) is 0 Å². The van der Waals surface area contributed by atoms with Crippen LogP contribution in [-0.4, -0.2) is 38.0 Å². The molecule has 4 aromatic rings. The Labute approximate surface area is 189 Å². The zero-order valence-corrected chi connectivity index (χ0v) is 18.4. The predicted molar refractivity (Wildman–Crippen MR) is 121 cm³/mol. The average Bonchev–Trinajstić information content (AvgIpc) is 3.38. The summed E-state index contributed by atoms with van der Waals surface area (Å²) in [6, 6.07) is 16.2. The normalized spacial score (nSPS) is 10.8. The van der Waals surface area contributed by atoms with Crippen LogP contribution in [0.4, 0.5) is 10.1 Å². The number of halogens is 1. The topological polar surface area (TPSA) is 91.0 Å². The maximum absolute atomic E-state index is 13.5. The zero-order valence-electron chi connectivity index (χ0n) is 18.4. The summed E-state index contributed by atoms with van der Waals surface area (Å²) in [7, 11) is 1.70. The second kappa shape index (κ2) is 9.07. The number of anilines is 1. The van der Waals surface area contributed by atoms with E-state index in [-0.39, 0.29) is 24.0 Å². The molecule has 0 fully saturated rings. The van der Waals surface area contributed by atoms with Crippen LogP contribution in [0.25, 0.3) is 16.9 Å². The molecule has 0 saturated heterocycles. The van der Waals surface area contributed by atoms with Crippen molar-refractivity contribution >= 4 is 17.6 Å². The highest BCUT2D eigenvalue weighted by Gasteiger charge is 2.19. The van der Waals surface area contributed by atoms with Gasteiger partial charge in [0.1, 0.15) is 11.5 Å². The fourth-order valence-electron chi connectivity index (χ4n) is 3.45. The van der Waals surface area contributed by atoms with Crippen LogP contribution in [0.2, 0.25) is 0 Å². The minimum atomic E-state index is -0.560. The number of carbonyl (C=O) groups is 2. The molecule has 33 heavy (non-hydrogen) atoms. The third-order valence-electron chi connectivity index (χ3n) is 4.92. The smallest absolute Gasteiger partial charge is 0.358 e. The molecule has 2 aromatic carbocycles. The van der Waals surface area contributed by atoms with E-state index in [0.717, 1.165) is 5.69 Å². The molecule has 0 saturated carbocycles. The number of nitrogens with one attached hydrogen (secondary N) is 1. The van der Waals surface area contributed by atoms with E-state index in [1.54, 1.807) is 56.4 Å². The summed E-state index contributed by atoms with van der Waals surface area (Å²) < 4.78 is 21.6. The van der Waals surface area contributed by atoms with Crippen molar-refractivity contribution in [3.05, 3.63) is 83.6 Å². The highest BCUT2D eigenvalue weighted by molar-refractivity contribution is 6.03. The van der Waals surface area contributed by atoms with Crippen LogP contribution >= 0.6 is 0 Å². The molecular weight excluding hydrogens is 425 g/mol. The summed E-state index contributed by atoms with van der Waals surface area (Å²) in [6.45, 7) is 3.74. The number of aromatic nitrogens is 4. The minimum Gasteiger partial charge on any atom is -0.461 e. The van der Waals surface area contributed by atoms with Gasteiger partial charge in [-0.3, -0.25) is 9.48 Å². The number of ether oxygens (including phenoxy) is 1.